The van der Waals surface area contributed by atoms with E-state index in [1.54, 1.807) is 21.0 Å². The fourth-order valence-electron chi connectivity index (χ4n) is 5.03. The number of methoxy groups -OCH3 is 1. The maximum atomic E-state index is 12.9. The van der Waals surface area contributed by atoms with E-state index in [9.17, 15) is 14.6 Å². The highest BCUT2D eigenvalue weighted by atomic mass is 32.1. The minimum Gasteiger partial charge on any atom is -0.497 e. The number of hydrogen-bond donors (Lipinski definition) is 3. The van der Waals surface area contributed by atoms with Gasteiger partial charge in [0.2, 0.25) is 0 Å². The van der Waals surface area contributed by atoms with Gasteiger partial charge in [0.25, 0.3) is 5.17 Å². The van der Waals surface area contributed by atoms with Crippen molar-refractivity contribution in [3.63, 3.8) is 0 Å². The molecule has 13 heteroatoms. The number of phosphoric acid groups is 1. The fourth-order valence-corrected chi connectivity index (χ4v) is 6.29. The SMILES string of the molecule is [B][C@@H]1O[C@H](COC(c2ccccc2)(c2ccc(CO)cc2)c2ccc(OC)cc2)C(OP(=O)(O)OC(C)C)[C@@H]1OC(N)=S. The summed E-state index contributed by atoms with van der Waals surface area (Å²) in [5.74, 6) is 0.654. The summed E-state index contributed by atoms with van der Waals surface area (Å²) >= 11 is 4.91. The molecule has 6 atom stereocenters. The molecule has 0 aliphatic carbocycles. The van der Waals surface area contributed by atoms with E-state index in [0.717, 1.165) is 22.3 Å². The average molecular weight is 627 g/mol. The molecule has 3 aromatic carbocycles. The Hall–Kier alpha value is -2.80. The van der Waals surface area contributed by atoms with Crippen molar-refractivity contribution >= 4 is 33.1 Å². The molecule has 4 rings (SSSR count). The molecule has 2 radical (unpaired) electrons. The maximum absolute atomic E-state index is 12.9. The molecule has 228 valence electrons. The molecule has 3 aromatic rings. The Labute approximate surface area is 258 Å². The van der Waals surface area contributed by atoms with E-state index in [0.29, 0.717) is 5.75 Å². The largest absolute Gasteiger partial charge is 0.497 e. The third kappa shape index (κ3) is 7.84. The molecule has 4 N–H and O–H groups in total. The van der Waals surface area contributed by atoms with E-state index < -0.39 is 43.8 Å². The number of rotatable bonds is 13. The minimum atomic E-state index is -4.59. The number of aliphatic hydroxyl groups is 1. The van der Waals surface area contributed by atoms with Crippen molar-refractivity contribution in [3.8, 4) is 5.75 Å². The van der Waals surface area contributed by atoms with Crippen LogP contribution in [0.4, 0.5) is 0 Å². The highest BCUT2D eigenvalue weighted by molar-refractivity contribution is 7.80. The van der Waals surface area contributed by atoms with Gasteiger partial charge in [-0.2, -0.15) is 0 Å². The second kappa shape index (κ2) is 14.3. The number of hydrogen-bond acceptors (Lipinski definition) is 9. The third-order valence-electron chi connectivity index (χ3n) is 6.88. The van der Waals surface area contributed by atoms with Crippen molar-refractivity contribution in [1.29, 1.82) is 0 Å². The quantitative estimate of drug-likeness (QED) is 0.110. The van der Waals surface area contributed by atoms with Crippen LogP contribution in [0.5, 0.6) is 5.75 Å². The van der Waals surface area contributed by atoms with Crippen molar-refractivity contribution in [2.24, 2.45) is 5.73 Å². The molecule has 1 heterocycles. The molecule has 3 unspecified atom stereocenters. The van der Waals surface area contributed by atoms with Gasteiger partial charge in [-0.05, 0) is 60.5 Å². The van der Waals surface area contributed by atoms with Gasteiger partial charge in [-0.3, -0.25) is 9.05 Å². The molecule has 43 heavy (non-hydrogen) atoms. The van der Waals surface area contributed by atoms with Gasteiger partial charge in [-0.1, -0.05) is 66.7 Å². The molecule has 1 aliphatic rings. The van der Waals surface area contributed by atoms with Gasteiger partial charge in [-0.15, -0.1) is 0 Å². The first-order valence-electron chi connectivity index (χ1n) is 13.6. The summed E-state index contributed by atoms with van der Waals surface area (Å²) in [6.45, 7) is 2.88. The lowest BCUT2D eigenvalue weighted by molar-refractivity contribution is -0.0753. The first-order valence-corrected chi connectivity index (χ1v) is 15.5. The van der Waals surface area contributed by atoms with Crippen molar-refractivity contribution in [2.45, 2.75) is 56.5 Å². The lowest BCUT2D eigenvalue weighted by Crippen LogP contribution is -2.43. The van der Waals surface area contributed by atoms with Gasteiger partial charge in [0.15, 0.2) is 0 Å². The summed E-state index contributed by atoms with van der Waals surface area (Å²) in [6.07, 6.45) is -3.99. The molecule has 1 saturated heterocycles. The molecular weight excluding hydrogens is 592 g/mol. The van der Waals surface area contributed by atoms with E-state index in [2.05, 4.69) is 0 Å². The molecule has 1 fully saturated rings. The Morgan fingerprint density at radius 1 is 1.02 bits per heavy atom. The summed E-state index contributed by atoms with van der Waals surface area (Å²) in [5.41, 5.74) is 7.40. The molecule has 0 amide bonds. The van der Waals surface area contributed by atoms with Gasteiger partial charge in [-0.25, -0.2) is 4.57 Å². The topological polar surface area (TPSA) is 139 Å². The third-order valence-corrected chi connectivity index (χ3v) is 8.18. The normalized spacial score (nSPS) is 22.9. The summed E-state index contributed by atoms with van der Waals surface area (Å²) in [6, 6.07) is 23.2. The van der Waals surface area contributed by atoms with Crippen LogP contribution in [0.25, 0.3) is 0 Å². The number of phosphoric ester groups is 1. The van der Waals surface area contributed by atoms with E-state index in [4.69, 9.17) is 53.8 Å². The first-order chi connectivity index (χ1) is 20.5. The van der Waals surface area contributed by atoms with Gasteiger partial charge in [0, 0.05) is 0 Å². The van der Waals surface area contributed by atoms with Crippen molar-refractivity contribution in [3.05, 3.63) is 101 Å². The predicted molar refractivity (Wildman–Crippen MR) is 165 cm³/mol. The van der Waals surface area contributed by atoms with Gasteiger partial charge < -0.3 is 34.7 Å². The maximum Gasteiger partial charge on any atom is 0.472 e. The summed E-state index contributed by atoms with van der Waals surface area (Å²) in [7, 11) is 3.21. The van der Waals surface area contributed by atoms with Crippen LogP contribution in [-0.4, -0.2) is 67.2 Å². The number of ether oxygens (including phenoxy) is 4. The number of aliphatic hydroxyl groups excluding tert-OH is 1. The molecule has 0 spiro atoms. The van der Waals surface area contributed by atoms with E-state index in [-0.39, 0.29) is 18.4 Å². The van der Waals surface area contributed by atoms with Crippen molar-refractivity contribution < 1.29 is 42.6 Å². The van der Waals surface area contributed by atoms with Crippen LogP contribution < -0.4 is 10.5 Å². The first kappa shape index (κ1) is 33.1. The second-order valence-electron chi connectivity index (χ2n) is 10.2. The zero-order chi connectivity index (χ0) is 31.2. The van der Waals surface area contributed by atoms with Crippen molar-refractivity contribution in [1.82, 2.24) is 0 Å². The molecule has 0 bridgehead atoms. The van der Waals surface area contributed by atoms with E-state index in [1.165, 1.54) is 0 Å². The van der Waals surface area contributed by atoms with Gasteiger partial charge in [0.05, 0.1) is 32.4 Å². The second-order valence-corrected chi connectivity index (χ2v) is 11.9. The standard InChI is InChI=1S/C30H35BNO9PS/c1-19(2)40-42(34,35)41-26-25(38-28(31)27(26)39-29(32)43)18-37-30(21-7-5-4-6-8-21,22-11-9-20(17-33)10-12-22)23-13-15-24(36-3)16-14-23/h4-16,19,25-28,33H,17-18H2,1-3H3,(H2,32,43)(H,34,35)/t25-,26?,27+,28-,30?/m1/s1. The molecular formula is C30H35BNO9PS. The molecule has 0 aromatic heterocycles. The fraction of sp³-hybridized carbons (Fsp3) is 0.367. The summed E-state index contributed by atoms with van der Waals surface area (Å²) in [5, 5.41) is 9.35. The Morgan fingerprint density at radius 2 is 1.60 bits per heavy atom. The lowest BCUT2D eigenvalue weighted by atomic mass is 9.79. The minimum absolute atomic E-state index is 0.126. The Morgan fingerprint density at radius 3 is 2.14 bits per heavy atom. The van der Waals surface area contributed by atoms with Crippen LogP contribution in [0, 0.1) is 0 Å². The molecule has 1 aliphatic heterocycles. The predicted octanol–water partition coefficient (Wildman–Crippen LogP) is 3.93. The number of thiocarbonyl (C=S) groups is 1. The molecule has 10 nitrogen and oxygen atoms in total. The Balaban J connectivity index is 1.80. The number of nitrogens with two attached hydrogens (primary N) is 1. The van der Waals surface area contributed by atoms with Crippen LogP contribution in [-0.2, 0) is 40.0 Å². The van der Waals surface area contributed by atoms with Crippen LogP contribution in [0.2, 0.25) is 0 Å². The Bertz CT molecular complexity index is 1350. The number of benzene rings is 3. The monoisotopic (exact) mass is 627 g/mol. The zero-order valence-electron chi connectivity index (χ0n) is 24.1. The van der Waals surface area contributed by atoms with Crippen LogP contribution >= 0.6 is 20.0 Å². The average Bonchev–Trinajstić information content (AvgIpc) is 3.26. The van der Waals surface area contributed by atoms with Crippen LogP contribution in [0.1, 0.15) is 36.1 Å². The van der Waals surface area contributed by atoms with Crippen molar-refractivity contribution in [2.75, 3.05) is 13.7 Å². The van der Waals surface area contributed by atoms with E-state index in [1.807, 2.05) is 78.9 Å². The van der Waals surface area contributed by atoms with Gasteiger partial charge >= 0.3 is 7.82 Å². The highest BCUT2D eigenvalue weighted by Gasteiger charge is 2.50. The lowest BCUT2D eigenvalue weighted by Gasteiger charge is -2.37. The highest BCUT2D eigenvalue weighted by Crippen LogP contribution is 2.49. The van der Waals surface area contributed by atoms with Crippen LogP contribution in [0.15, 0.2) is 78.9 Å². The summed E-state index contributed by atoms with van der Waals surface area (Å²) < 4.78 is 47.3. The Kier molecular flexibility index (Phi) is 11.0. The van der Waals surface area contributed by atoms with E-state index >= 15 is 0 Å². The zero-order valence-corrected chi connectivity index (χ0v) is 25.8. The molecule has 0 saturated carbocycles. The summed E-state index contributed by atoms with van der Waals surface area (Å²) in [4.78, 5) is 10.5. The smallest absolute Gasteiger partial charge is 0.472 e. The van der Waals surface area contributed by atoms with Gasteiger partial charge in [0.1, 0.15) is 37.5 Å². The van der Waals surface area contributed by atoms with Crippen LogP contribution in [0.3, 0.4) is 0 Å².